The van der Waals surface area contributed by atoms with Crippen LogP contribution in [0.25, 0.3) is 0 Å². The molecule has 0 aromatic heterocycles. The van der Waals surface area contributed by atoms with Crippen LogP contribution in [-0.2, 0) is 4.79 Å². The Labute approximate surface area is 131 Å². The standard InChI is InChI=1S/C17H35N3O/c1-13(2)10-18-11-16-8-6-7-9-20(16)12-17(21)19-15(5)14(3)4/h13-16,18H,6-12H2,1-5H3,(H,19,21). The van der Waals surface area contributed by atoms with Crippen molar-refractivity contribution < 1.29 is 4.79 Å². The lowest BCUT2D eigenvalue weighted by Gasteiger charge is -2.36. The Morgan fingerprint density at radius 2 is 1.90 bits per heavy atom. The van der Waals surface area contributed by atoms with Gasteiger partial charge in [0.1, 0.15) is 0 Å². The van der Waals surface area contributed by atoms with Gasteiger partial charge in [-0.05, 0) is 44.7 Å². The molecule has 0 aromatic rings. The van der Waals surface area contributed by atoms with Crippen LogP contribution in [-0.4, -0.2) is 49.1 Å². The van der Waals surface area contributed by atoms with Crippen LogP contribution in [0.2, 0.25) is 0 Å². The zero-order valence-corrected chi connectivity index (χ0v) is 14.6. The van der Waals surface area contributed by atoms with Gasteiger partial charge in [0, 0.05) is 18.6 Å². The highest BCUT2D eigenvalue weighted by Gasteiger charge is 2.24. The third-order valence-electron chi connectivity index (χ3n) is 4.42. The van der Waals surface area contributed by atoms with Crippen LogP contribution in [0.15, 0.2) is 0 Å². The molecule has 2 unspecified atom stereocenters. The van der Waals surface area contributed by atoms with Gasteiger partial charge in [-0.3, -0.25) is 9.69 Å². The van der Waals surface area contributed by atoms with E-state index in [1.54, 1.807) is 0 Å². The van der Waals surface area contributed by atoms with Crippen LogP contribution >= 0.6 is 0 Å². The van der Waals surface area contributed by atoms with E-state index in [0.29, 0.717) is 24.4 Å². The van der Waals surface area contributed by atoms with E-state index in [-0.39, 0.29) is 11.9 Å². The maximum Gasteiger partial charge on any atom is 0.234 e. The number of piperidine rings is 1. The first-order chi connectivity index (χ1) is 9.90. The molecular weight excluding hydrogens is 262 g/mol. The van der Waals surface area contributed by atoms with Gasteiger partial charge in [-0.1, -0.05) is 34.1 Å². The Morgan fingerprint density at radius 3 is 2.52 bits per heavy atom. The summed E-state index contributed by atoms with van der Waals surface area (Å²) >= 11 is 0. The molecule has 0 aromatic carbocycles. The second-order valence-corrected chi connectivity index (χ2v) is 7.27. The first kappa shape index (κ1) is 18.4. The Bertz CT molecular complexity index is 304. The summed E-state index contributed by atoms with van der Waals surface area (Å²) in [4.78, 5) is 14.5. The van der Waals surface area contributed by atoms with Crippen LogP contribution in [0, 0.1) is 11.8 Å². The van der Waals surface area contributed by atoms with E-state index < -0.39 is 0 Å². The molecule has 1 aliphatic rings. The fraction of sp³-hybridized carbons (Fsp3) is 0.941. The van der Waals surface area contributed by atoms with Crippen molar-refractivity contribution in [1.29, 1.82) is 0 Å². The zero-order chi connectivity index (χ0) is 15.8. The Kier molecular flexibility index (Phi) is 8.27. The first-order valence-corrected chi connectivity index (χ1v) is 8.64. The molecule has 0 saturated carbocycles. The van der Waals surface area contributed by atoms with Gasteiger partial charge in [-0.15, -0.1) is 0 Å². The number of hydrogen-bond acceptors (Lipinski definition) is 3. The molecule has 1 aliphatic heterocycles. The molecule has 2 N–H and O–H groups in total. The van der Waals surface area contributed by atoms with Gasteiger partial charge in [0.2, 0.25) is 5.91 Å². The summed E-state index contributed by atoms with van der Waals surface area (Å²) < 4.78 is 0. The quantitative estimate of drug-likeness (QED) is 0.722. The van der Waals surface area contributed by atoms with Gasteiger partial charge in [-0.2, -0.15) is 0 Å². The predicted octanol–water partition coefficient (Wildman–Crippen LogP) is 2.25. The van der Waals surface area contributed by atoms with Crippen molar-refractivity contribution in [2.45, 2.75) is 66.0 Å². The molecule has 0 bridgehead atoms. The fourth-order valence-electron chi connectivity index (χ4n) is 2.69. The average Bonchev–Trinajstić information content (AvgIpc) is 2.40. The minimum atomic E-state index is 0.173. The van der Waals surface area contributed by atoms with Crippen molar-refractivity contribution in [3.8, 4) is 0 Å². The summed E-state index contributed by atoms with van der Waals surface area (Å²) in [7, 11) is 0. The molecule has 0 spiro atoms. The summed E-state index contributed by atoms with van der Waals surface area (Å²) in [5.74, 6) is 1.34. The number of carbonyl (C=O) groups excluding carboxylic acids is 1. The molecular formula is C17H35N3O. The maximum absolute atomic E-state index is 12.2. The monoisotopic (exact) mass is 297 g/mol. The number of nitrogens with one attached hydrogen (secondary N) is 2. The molecule has 2 atom stereocenters. The Hall–Kier alpha value is -0.610. The van der Waals surface area contributed by atoms with Crippen LogP contribution in [0.5, 0.6) is 0 Å². The molecule has 0 radical (unpaired) electrons. The molecule has 1 saturated heterocycles. The average molecular weight is 297 g/mol. The van der Waals surface area contributed by atoms with Crippen molar-refractivity contribution in [2.75, 3.05) is 26.2 Å². The predicted molar refractivity (Wildman–Crippen MR) is 89.4 cm³/mol. The summed E-state index contributed by atoms with van der Waals surface area (Å²) in [5.41, 5.74) is 0. The Balaban J connectivity index is 2.39. The smallest absolute Gasteiger partial charge is 0.234 e. The summed E-state index contributed by atoms with van der Waals surface area (Å²) in [6.45, 7) is 14.5. The van der Waals surface area contributed by atoms with E-state index in [2.05, 4.69) is 50.2 Å². The number of likely N-dealkylation sites (tertiary alicyclic amines) is 1. The zero-order valence-electron chi connectivity index (χ0n) is 14.6. The third kappa shape index (κ3) is 7.28. The minimum Gasteiger partial charge on any atom is -0.352 e. The summed E-state index contributed by atoms with van der Waals surface area (Å²) in [6, 6.07) is 0.761. The summed E-state index contributed by atoms with van der Waals surface area (Å²) in [6.07, 6.45) is 3.71. The van der Waals surface area contributed by atoms with Gasteiger partial charge in [0.25, 0.3) is 0 Å². The van der Waals surface area contributed by atoms with Gasteiger partial charge in [0.15, 0.2) is 0 Å². The molecule has 0 aliphatic carbocycles. The third-order valence-corrected chi connectivity index (χ3v) is 4.42. The van der Waals surface area contributed by atoms with Crippen LogP contribution in [0.4, 0.5) is 0 Å². The molecule has 1 amide bonds. The van der Waals surface area contributed by atoms with Crippen molar-refractivity contribution in [3.63, 3.8) is 0 Å². The van der Waals surface area contributed by atoms with E-state index >= 15 is 0 Å². The van der Waals surface area contributed by atoms with E-state index in [4.69, 9.17) is 0 Å². The first-order valence-electron chi connectivity index (χ1n) is 8.64. The lowest BCUT2D eigenvalue weighted by atomic mass is 10.0. The minimum absolute atomic E-state index is 0.173. The van der Waals surface area contributed by atoms with Crippen molar-refractivity contribution in [2.24, 2.45) is 11.8 Å². The van der Waals surface area contributed by atoms with E-state index in [1.165, 1.54) is 19.3 Å². The second-order valence-electron chi connectivity index (χ2n) is 7.27. The second kappa shape index (κ2) is 9.42. The fourth-order valence-corrected chi connectivity index (χ4v) is 2.69. The molecule has 4 nitrogen and oxygen atoms in total. The highest BCUT2D eigenvalue weighted by Crippen LogP contribution is 2.16. The van der Waals surface area contributed by atoms with Gasteiger partial charge >= 0.3 is 0 Å². The molecule has 1 heterocycles. The van der Waals surface area contributed by atoms with Gasteiger partial charge in [-0.25, -0.2) is 0 Å². The van der Waals surface area contributed by atoms with E-state index in [9.17, 15) is 4.79 Å². The van der Waals surface area contributed by atoms with Crippen molar-refractivity contribution >= 4 is 5.91 Å². The lowest BCUT2D eigenvalue weighted by molar-refractivity contribution is -0.124. The van der Waals surface area contributed by atoms with Crippen molar-refractivity contribution in [3.05, 3.63) is 0 Å². The highest BCUT2D eigenvalue weighted by molar-refractivity contribution is 5.78. The largest absolute Gasteiger partial charge is 0.352 e. The summed E-state index contributed by atoms with van der Waals surface area (Å²) in [5, 5.41) is 6.66. The van der Waals surface area contributed by atoms with E-state index in [1.807, 2.05) is 0 Å². The normalized spacial score (nSPS) is 21.8. The molecule has 21 heavy (non-hydrogen) atoms. The van der Waals surface area contributed by atoms with Crippen LogP contribution in [0.3, 0.4) is 0 Å². The number of rotatable bonds is 8. The van der Waals surface area contributed by atoms with Crippen LogP contribution in [0.1, 0.15) is 53.9 Å². The maximum atomic E-state index is 12.2. The number of hydrogen-bond donors (Lipinski definition) is 2. The topological polar surface area (TPSA) is 44.4 Å². The van der Waals surface area contributed by atoms with Crippen molar-refractivity contribution in [1.82, 2.24) is 15.5 Å². The van der Waals surface area contributed by atoms with Gasteiger partial charge in [0.05, 0.1) is 6.54 Å². The molecule has 1 rings (SSSR count). The van der Waals surface area contributed by atoms with E-state index in [0.717, 1.165) is 19.6 Å². The Morgan fingerprint density at radius 1 is 1.19 bits per heavy atom. The highest BCUT2D eigenvalue weighted by atomic mass is 16.2. The number of amides is 1. The number of nitrogens with zero attached hydrogens (tertiary/aromatic N) is 1. The van der Waals surface area contributed by atoms with Gasteiger partial charge < -0.3 is 10.6 Å². The SMILES string of the molecule is CC(C)CNCC1CCCCN1CC(=O)NC(C)C(C)C. The van der Waals surface area contributed by atoms with Crippen LogP contribution < -0.4 is 10.6 Å². The lowest BCUT2D eigenvalue weighted by Crippen LogP contribution is -2.51. The molecule has 124 valence electrons. The molecule has 4 heteroatoms. The number of carbonyl (C=O) groups is 1. The molecule has 1 fully saturated rings.